The molecule has 0 bridgehead atoms. The van der Waals surface area contributed by atoms with E-state index in [0.29, 0.717) is 12.1 Å². The molecule has 2 aromatic rings. The summed E-state index contributed by atoms with van der Waals surface area (Å²) in [5, 5.41) is 7.79. The molecule has 3 rings (SSSR count). The number of nitrogens with zero attached hydrogens (tertiary/aromatic N) is 1. The SMILES string of the molecule is NS(=O)(=O)c1ccc(NC(=O)C2CC(c3ccncc3)NN2)cc1. The number of carbonyl (C=O) groups excluding carboxylic acids is 1. The van der Waals surface area contributed by atoms with E-state index in [9.17, 15) is 13.2 Å². The van der Waals surface area contributed by atoms with E-state index < -0.39 is 16.1 Å². The minimum Gasteiger partial charge on any atom is -0.325 e. The van der Waals surface area contributed by atoms with E-state index in [1.165, 1.54) is 24.3 Å². The van der Waals surface area contributed by atoms with Crippen LogP contribution < -0.4 is 21.3 Å². The number of nitrogens with one attached hydrogen (secondary N) is 3. The molecule has 1 aromatic carbocycles. The van der Waals surface area contributed by atoms with Crippen LogP contribution in [0.5, 0.6) is 0 Å². The monoisotopic (exact) mass is 347 g/mol. The standard InChI is InChI=1S/C15H17N5O3S/c16-24(22,23)12-3-1-11(2-4-12)18-15(21)14-9-13(19-20-14)10-5-7-17-8-6-10/h1-8,13-14,19-20H,9H2,(H,18,21)(H2,16,22,23). The van der Waals surface area contributed by atoms with Crippen LogP contribution in [-0.2, 0) is 14.8 Å². The van der Waals surface area contributed by atoms with Gasteiger partial charge in [-0.25, -0.2) is 24.4 Å². The van der Waals surface area contributed by atoms with Gasteiger partial charge in [0.15, 0.2) is 0 Å². The highest BCUT2D eigenvalue weighted by atomic mass is 32.2. The molecule has 1 fully saturated rings. The summed E-state index contributed by atoms with van der Waals surface area (Å²) < 4.78 is 22.4. The van der Waals surface area contributed by atoms with Crippen molar-refractivity contribution in [3.8, 4) is 0 Å². The van der Waals surface area contributed by atoms with Gasteiger partial charge in [-0.2, -0.15) is 0 Å². The third kappa shape index (κ3) is 3.77. The van der Waals surface area contributed by atoms with Gasteiger partial charge in [0.2, 0.25) is 15.9 Å². The van der Waals surface area contributed by atoms with Gasteiger partial charge in [0.1, 0.15) is 6.04 Å². The Morgan fingerprint density at radius 1 is 1.12 bits per heavy atom. The Morgan fingerprint density at radius 3 is 2.42 bits per heavy atom. The lowest BCUT2D eigenvalue weighted by atomic mass is 10.0. The summed E-state index contributed by atoms with van der Waals surface area (Å²) in [5.74, 6) is -0.206. The van der Waals surface area contributed by atoms with Gasteiger partial charge >= 0.3 is 0 Å². The molecule has 1 amide bonds. The van der Waals surface area contributed by atoms with Crippen LogP contribution >= 0.6 is 0 Å². The second-order valence-corrected chi connectivity index (χ2v) is 7.03. The summed E-state index contributed by atoms with van der Waals surface area (Å²) in [7, 11) is -3.74. The number of hydrazine groups is 1. The van der Waals surface area contributed by atoms with Crippen molar-refractivity contribution in [2.45, 2.75) is 23.4 Å². The lowest BCUT2D eigenvalue weighted by Gasteiger charge is -2.11. The van der Waals surface area contributed by atoms with E-state index >= 15 is 0 Å². The fourth-order valence-corrected chi connectivity index (χ4v) is 3.02. The van der Waals surface area contributed by atoms with Crippen molar-refractivity contribution < 1.29 is 13.2 Å². The Balaban J connectivity index is 1.62. The van der Waals surface area contributed by atoms with Crippen LogP contribution in [0, 0.1) is 0 Å². The molecule has 0 aliphatic carbocycles. The largest absolute Gasteiger partial charge is 0.325 e. The number of nitrogens with two attached hydrogens (primary N) is 1. The number of rotatable bonds is 4. The number of carbonyl (C=O) groups is 1. The molecule has 1 aliphatic heterocycles. The van der Waals surface area contributed by atoms with Gasteiger partial charge in [0.05, 0.1) is 4.90 Å². The van der Waals surface area contributed by atoms with Gasteiger partial charge in [-0.05, 0) is 48.4 Å². The number of aromatic nitrogens is 1. The van der Waals surface area contributed by atoms with Gasteiger partial charge in [-0.1, -0.05) is 0 Å². The van der Waals surface area contributed by atoms with Gasteiger partial charge in [-0.3, -0.25) is 9.78 Å². The predicted molar refractivity (Wildman–Crippen MR) is 88.1 cm³/mol. The molecule has 9 heteroatoms. The molecule has 24 heavy (non-hydrogen) atoms. The van der Waals surface area contributed by atoms with Crippen molar-refractivity contribution >= 4 is 21.6 Å². The Kier molecular flexibility index (Phi) is 4.58. The zero-order chi connectivity index (χ0) is 17.2. The zero-order valence-electron chi connectivity index (χ0n) is 12.6. The number of primary sulfonamides is 1. The molecular weight excluding hydrogens is 330 g/mol. The lowest BCUT2D eigenvalue weighted by molar-refractivity contribution is -0.117. The maximum Gasteiger partial charge on any atom is 0.242 e. The van der Waals surface area contributed by atoms with Crippen LogP contribution in [0.15, 0.2) is 53.7 Å². The van der Waals surface area contributed by atoms with Gasteiger partial charge in [0.25, 0.3) is 0 Å². The Labute approximate surface area is 139 Å². The molecule has 2 unspecified atom stereocenters. The third-order valence-corrected chi connectivity index (χ3v) is 4.71. The van der Waals surface area contributed by atoms with E-state index in [-0.39, 0.29) is 16.8 Å². The van der Waals surface area contributed by atoms with Crippen LogP contribution in [0.4, 0.5) is 5.69 Å². The topological polar surface area (TPSA) is 126 Å². The number of anilines is 1. The second-order valence-electron chi connectivity index (χ2n) is 5.47. The van der Waals surface area contributed by atoms with Gasteiger partial charge in [-0.15, -0.1) is 0 Å². The number of hydrogen-bond acceptors (Lipinski definition) is 6. The highest BCUT2D eigenvalue weighted by Gasteiger charge is 2.30. The van der Waals surface area contributed by atoms with Crippen LogP contribution in [0.25, 0.3) is 0 Å². The fraction of sp³-hybridized carbons (Fsp3) is 0.200. The predicted octanol–water partition coefficient (Wildman–Crippen LogP) is 0.275. The molecule has 126 valence electrons. The molecule has 2 heterocycles. The van der Waals surface area contributed by atoms with E-state index in [1.54, 1.807) is 12.4 Å². The van der Waals surface area contributed by atoms with Crippen LogP contribution in [-0.4, -0.2) is 25.4 Å². The average molecular weight is 347 g/mol. The molecule has 8 nitrogen and oxygen atoms in total. The summed E-state index contributed by atoms with van der Waals surface area (Å²) >= 11 is 0. The van der Waals surface area contributed by atoms with Gasteiger partial charge < -0.3 is 5.32 Å². The van der Waals surface area contributed by atoms with Crippen molar-refractivity contribution in [2.24, 2.45) is 5.14 Å². The summed E-state index contributed by atoms with van der Waals surface area (Å²) in [6.45, 7) is 0. The quantitative estimate of drug-likeness (QED) is 0.629. The smallest absolute Gasteiger partial charge is 0.242 e. The number of pyridine rings is 1. The minimum absolute atomic E-state index is 0.00101. The molecular formula is C15H17N5O3S. The highest BCUT2D eigenvalue weighted by molar-refractivity contribution is 7.89. The summed E-state index contributed by atoms with van der Waals surface area (Å²) in [4.78, 5) is 16.3. The van der Waals surface area contributed by atoms with Crippen molar-refractivity contribution in [1.82, 2.24) is 15.8 Å². The number of amides is 1. The zero-order valence-corrected chi connectivity index (χ0v) is 13.5. The Morgan fingerprint density at radius 2 is 1.79 bits per heavy atom. The molecule has 0 radical (unpaired) electrons. The van der Waals surface area contributed by atoms with E-state index in [2.05, 4.69) is 21.2 Å². The number of sulfonamides is 1. The summed E-state index contributed by atoms with van der Waals surface area (Å²) in [6, 6.07) is 9.11. The fourth-order valence-electron chi connectivity index (χ4n) is 2.50. The first-order valence-electron chi connectivity index (χ1n) is 7.28. The van der Waals surface area contributed by atoms with Crippen molar-refractivity contribution in [1.29, 1.82) is 0 Å². The first-order chi connectivity index (χ1) is 11.4. The normalized spacial score (nSPS) is 20.7. The number of benzene rings is 1. The lowest BCUT2D eigenvalue weighted by Crippen LogP contribution is -2.39. The second kappa shape index (κ2) is 6.65. The Hall–Kier alpha value is -2.33. The first-order valence-corrected chi connectivity index (χ1v) is 8.83. The maximum absolute atomic E-state index is 12.3. The van der Waals surface area contributed by atoms with Crippen LogP contribution in [0.1, 0.15) is 18.0 Å². The first kappa shape index (κ1) is 16.5. The Bertz CT molecular complexity index is 824. The third-order valence-electron chi connectivity index (χ3n) is 3.78. The molecule has 1 saturated heterocycles. The van der Waals surface area contributed by atoms with E-state index in [1.807, 2.05) is 12.1 Å². The highest BCUT2D eigenvalue weighted by Crippen LogP contribution is 2.22. The number of hydrogen-bond donors (Lipinski definition) is 4. The van der Waals surface area contributed by atoms with Crippen LogP contribution in [0.2, 0.25) is 0 Å². The van der Waals surface area contributed by atoms with Crippen molar-refractivity contribution in [2.75, 3.05) is 5.32 Å². The van der Waals surface area contributed by atoms with Crippen molar-refractivity contribution in [3.05, 3.63) is 54.4 Å². The molecule has 2 atom stereocenters. The molecule has 5 N–H and O–H groups in total. The summed E-state index contributed by atoms with van der Waals surface area (Å²) in [5.41, 5.74) is 7.59. The molecule has 0 spiro atoms. The van der Waals surface area contributed by atoms with Crippen molar-refractivity contribution in [3.63, 3.8) is 0 Å². The van der Waals surface area contributed by atoms with E-state index in [0.717, 1.165) is 5.56 Å². The van der Waals surface area contributed by atoms with Gasteiger partial charge in [0, 0.05) is 24.1 Å². The maximum atomic E-state index is 12.3. The minimum atomic E-state index is -3.74. The average Bonchev–Trinajstić information content (AvgIpc) is 3.05. The summed E-state index contributed by atoms with van der Waals surface area (Å²) in [6.07, 6.45) is 4.00. The molecule has 1 aromatic heterocycles. The molecule has 1 aliphatic rings. The molecule has 0 saturated carbocycles. The van der Waals surface area contributed by atoms with Crippen LogP contribution in [0.3, 0.4) is 0 Å². The van der Waals surface area contributed by atoms with E-state index in [4.69, 9.17) is 5.14 Å².